The van der Waals surface area contributed by atoms with Crippen LogP contribution >= 0.6 is 0 Å². The number of carbonyl (C=O) groups excluding carboxylic acids is 23. The first kappa shape index (κ1) is 121. The summed E-state index contributed by atoms with van der Waals surface area (Å²) in [6, 6.07) is -36.8. The van der Waals surface area contributed by atoms with E-state index in [1.54, 1.807) is 42.5 Å². The van der Waals surface area contributed by atoms with Gasteiger partial charge in [-0.2, -0.15) is 0 Å². The van der Waals surface area contributed by atoms with Crippen LogP contribution in [-0.2, 0) is 144 Å². The second-order valence-electron chi connectivity index (χ2n) is 28.1. The second kappa shape index (κ2) is 61.5. The topological polar surface area (TPSA) is 1160 Å². The summed E-state index contributed by atoms with van der Waals surface area (Å²) in [5.41, 5.74) is 20.9. The van der Waals surface area contributed by atoms with E-state index in [-0.39, 0.29) is 0 Å². The van der Waals surface area contributed by atoms with Crippen molar-refractivity contribution in [3.63, 3.8) is 0 Å². The van der Waals surface area contributed by atoms with E-state index < -0.39 is 417 Å². The van der Waals surface area contributed by atoms with Gasteiger partial charge in [-0.05, 0) is 0 Å². The molecule has 764 valence electrons. The van der Waals surface area contributed by atoms with Crippen LogP contribution in [0.4, 0.5) is 0 Å². The number of hydrogen-bond donors (Lipinski definition) is 39. The molecule has 23 amide bonds. The van der Waals surface area contributed by atoms with Gasteiger partial charge in [0.15, 0.2) is 0 Å². The molecule has 69 nitrogen and oxygen atoms in total. The van der Waals surface area contributed by atoms with Crippen molar-refractivity contribution in [1.82, 2.24) is 106 Å². The predicted octanol–water partition coefficient (Wildman–Crippen LogP) is -27.0. The Morgan fingerprint density at radius 1 is 0.175 bits per heavy atom. The number of rotatable bonds is 67. The molecule has 0 saturated carbocycles. The Balaban J connectivity index is 6.13. The first-order chi connectivity index (χ1) is 63.9. The Morgan fingerprint density at radius 3 is 0.489 bits per heavy atom. The summed E-state index contributed by atoms with van der Waals surface area (Å²) in [5, 5.41) is 181. The summed E-state index contributed by atoms with van der Waals surface area (Å²) in [6.45, 7) is -15.5. The lowest BCUT2D eigenvalue weighted by atomic mass is 10.1. The van der Waals surface area contributed by atoms with Gasteiger partial charge in [0.1, 0.15) is 103 Å². The van der Waals surface area contributed by atoms with Crippen molar-refractivity contribution < 1.29 is 220 Å². The minimum Gasteiger partial charge on any atom is -0.481 e. The Hall–Kier alpha value is -16.3. The molecule has 0 aromatic carbocycles. The Kier molecular flexibility index (Phi) is 54.2. The van der Waals surface area contributed by atoms with Crippen LogP contribution in [0.2, 0.25) is 0 Å². The lowest BCUT2D eigenvalue weighted by Gasteiger charge is -2.26. The van der Waals surface area contributed by atoms with Gasteiger partial charge in [-0.1, -0.05) is 0 Å². The number of nitrogens with one attached hydrogen (secondary N) is 20. The van der Waals surface area contributed by atoms with E-state index in [0.29, 0.717) is 0 Å². The van der Waals surface area contributed by atoms with Crippen LogP contribution in [0.3, 0.4) is 0 Å². The molecule has 0 aromatic heterocycles. The van der Waals surface area contributed by atoms with Gasteiger partial charge in [0.05, 0.1) is 137 Å². The zero-order valence-electron chi connectivity index (χ0n) is 70.9. The van der Waals surface area contributed by atoms with Crippen LogP contribution in [0.5, 0.6) is 0 Å². The molecule has 0 bridgehead atoms. The lowest BCUT2D eigenvalue weighted by molar-refractivity contribution is -0.147. The first-order valence-electron chi connectivity index (χ1n) is 38.9. The smallest absolute Gasteiger partial charge is 0.326 e. The van der Waals surface area contributed by atoms with Crippen molar-refractivity contribution >= 4 is 178 Å². The minimum absolute atomic E-state index is 0.929. The predicted molar refractivity (Wildman–Crippen MR) is 430 cm³/mol. The van der Waals surface area contributed by atoms with Crippen LogP contribution in [0.1, 0.15) is 57.8 Å². The van der Waals surface area contributed by atoms with Gasteiger partial charge in [0.25, 0.3) is 0 Å². The Bertz CT molecular complexity index is 4480. The van der Waals surface area contributed by atoms with Gasteiger partial charge in [-0.3, -0.25) is 139 Å². The average molecular weight is 1980 g/mol. The van der Waals surface area contributed by atoms with Crippen molar-refractivity contribution in [1.29, 1.82) is 0 Å². The normalized spacial score (nSPS) is 14.4. The first-order valence-corrected chi connectivity index (χ1v) is 38.9. The van der Waals surface area contributed by atoms with Crippen LogP contribution in [-0.4, -0.2) is 436 Å². The largest absolute Gasteiger partial charge is 0.481 e. The summed E-state index contributed by atoms with van der Waals surface area (Å²) in [4.78, 5) is 379. The third kappa shape index (κ3) is 47.1. The second-order valence-corrected chi connectivity index (χ2v) is 28.1. The maximum absolute atomic E-state index is 13.6. The molecule has 0 fully saturated rings. The number of primary amides is 3. The highest BCUT2D eigenvalue weighted by Crippen LogP contribution is 2.08. The molecule has 0 rings (SSSR count). The van der Waals surface area contributed by atoms with Gasteiger partial charge >= 0.3 is 41.8 Å². The minimum atomic E-state index is -2.35. The summed E-state index contributed by atoms with van der Waals surface area (Å²) in [6.07, 6.45) is -11.5. The molecule has 0 radical (unpaired) electrons. The highest BCUT2D eigenvalue weighted by molar-refractivity contribution is 6.04. The summed E-state index contributed by atoms with van der Waals surface area (Å²) in [7, 11) is 0. The van der Waals surface area contributed by atoms with Gasteiger partial charge < -0.3 is 206 Å². The monoisotopic (exact) mass is 1970 g/mol. The number of amides is 23. The molecule has 43 N–H and O–H groups in total. The third-order valence-corrected chi connectivity index (χ3v) is 17.2. The summed E-state index contributed by atoms with van der Waals surface area (Å²) >= 11 is 0. The highest BCUT2D eigenvalue weighted by Gasteiger charge is 2.41. The summed E-state index contributed by atoms with van der Waals surface area (Å²) < 4.78 is 0. The fourth-order valence-electron chi connectivity index (χ4n) is 10.4. The van der Waals surface area contributed by atoms with E-state index in [2.05, 4.69) is 0 Å². The quantitative estimate of drug-likeness (QED) is 0.0269. The van der Waals surface area contributed by atoms with Gasteiger partial charge in [-0.15, -0.1) is 0 Å². The average Bonchev–Trinajstić information content (AvgIpc) is 0.848. The number of nitrogens with two attached hydrogens (primary N) is 4. The fourth-order valence-corrected chi connectivity index (χ4v) is 10.4. The fraction of sp³-hybridized carbons (Fsp3) is 0.559. The Morgan fingerprint density at radius 2 is 0.314 bits per heavy atom. The van der Waals surface area contributed by atoms with Crippen molar-refractivity contribution in [2.75, 3.05) is 79.0 Å². The molecule has 69 heteroatoms. The maximum Gasteiger partial charge on any atom is 0.326 e. The van der Waals surface area contributed by atoms with Crippen molar-refractivity contribution in [3.05, 3.63) is 0 Å². The van der Waals surface area contributed by atoms with Gasteiger partial charge in [0.2, 0.25) is 136 Å². The number of hydrogen-bond acceptors (Lipinski definition) is 39. The van der Waals surface area contributed by atoms with E-state index in [9.17, 15) is 210 Å². The molecule has 0 aromatic rings. The third-order valence-electron chi connectivity index (χ3n) is 17.2. The Labute approximate surface area is 764 Å². The van der Waals surface area contributed by atoms with E-state index in [4.69, 9.17) is 33.1 Å². The molecule has 0 spiro atoms. The van der Waals surface area contributed by atoms with E-state index in [1.807, 2.05) is 63.8 Å². The summed E-state index contributed by atoms with van der Waals surface area (Å²) in [5.74, 6) is -47.3. The van der Waals surface area contributed by atoms with Crippen LogP contribution in [0.25, 0.3) is 0 Å². The van der Waals surface area contributed by atoms with E-state index in [1.165, 1.54) is 0 Å². The SMILES string of the molecule is NC(=O)C[C@H](NC(=O)[C@H](CO)NC(=O)[C@H](CC(=O)O)NC(=O)[C@H](CO)NC(=O)CNC(=O)[C@H](CO)NC(=O)CNC(=O)[C@H](CC(=O)O)NC(=O)[C@H](CC(N)=O)NC(=O)[C@@H](N)CO)C(=O)N[C@@H](CC(=O)O)C(=O)NCC(=O)N[C@@H](CO)C(=O)NCC(=O)N[C@@H](CO)C(=O)N[C@@H](CC(=O)O)C(=O)N[C@@H](CO)C(=O)N[C@@H](CC(N)=O)C(=O)N[C@@H](CC(=O)O)C(=O)N[C@@H](CO)C(=O)N[C@@H](CC(=O)O)C(=O)O. The molecule has 17 atom stereocenters. The van der Waals surface area contributed by atoms with Crippen LogP contribution < -0.4 is 129 Å². The molecule has 0 aliphatic heterocycles. The zero-order chi connectivity index (χ0) is 105. The number of carbonyl (C=O) groups is 30. The van der Waals surface area contributed by atoms with E-state index >= 15 is 0 Å². The lowest BCUT2D eigenvalue weighted by Crippen LogP contribution is -2.61. The molecule has 0 aliphatic carbocycles. The van der Waals surface area contributed by atoms with Crippen molar-refractivity contribution in [2.24, 2.45) is 22.9 Å². The number of carboxylic acid groups (broad SMARTS) is 7. The molecule has 0 saturated heterocycles. The van der Waals surface area contributed by atoms with Gasteiger partial charge in [0, 0.05) is 0 Å². The van der Waals surface area contributed by atoms with Crippen LogP contribution in [0.15, 0.2) is 0 Å². The zero-order valence-corrected chi connectivity index (χ0v) is 70.9. The molecular formula is C68H102N24O45. The molecule has 0 heterocycles. The number of aliphatic hydroxyl groups excluding tert-OH is 8. The van der Waals surface area contributed by atoms with Gasteiger partial charge in [-0.25, -0.2) is 4.79 Å². The molecule has 0 unspecified atom stereocenters. The number of aliphatic hydroxyl groups is 8. The molecular weight excluding hydrogens is 1870 g/mol. The highest BCUT2D eigenvalue weighted by atomic mass is 16.4. The maximum atomic E-state index is 13.6. The van der Waals surface area contributed by atoms with Crippen LogP contribution in [0, 0.1) is 0 Å². The van der Waals surface area contributed by atoms with Crippen molar-refractivity contribution in [2.45, 2.75) is 160 Å². The molecule has 0 aliphatic rings. The standard InChI is InChI=1S/C68H102N24O45/c69-22(14-93)52(120)81-23(1-39(70)101)57(125)84-26(4-46(108)109)53(121)73-10-42(104)77-32(15-94)55(123)75-12-44(106)79-34(17-96)63(131)87-29(7-49(114)115)61(129)90-36(19-98)65(133)82-24(2-40(71)102)58(126)85-27(5-47(110)111)54(122)74-11-43(105)78-33(16-95)56(124)76-13-45(107)80-35(18-97)64(132)88-30(8-50(116)117)62(130)91-37(20-99)66(134)83-25(3-41(72)103)59(127)86-28(6-48(112)113)60(128)92-38(21-100)67(135)89-31(68(136)137)9-51(118)119/h22-38,93-100H,1-21,69H2,(H2,70,101)(H2,71,102)(H2,72,103)(H,73,121)(H,74,122)(H,75,123)(H,76,124)(H,77,104)(H,78,105)(H,79,106)(H,80,107)(H,81,120)(H,82,133)(H,83,134)(H,84,125)(H,85,126)(H,86,127)(H,87,131)(H,88,132)(H,89,135)(H,90,129)(H,91,130)(H,92,128)(H,108,109)(H,110,111)(H,112,113)(H,114,115)(H,116,117)(H,118,119)(H,136,137)/t22-,23-,24-,25-,26-,27-,28-,29-,30-,31-,32-,33-,34-,35-,36-,37-,38-/m0/s1. The van der Waals surface area contributed by atoms with Crippen molar-refractivity contribution in [3.8, 4) is 0 Å². The molecule has 137 heavy (non-hydrogen) atoms. The number of aliphatic carboxylic acids is 7. The number of carboxylic acids is 7. The van der Waals surface area contributed by atoms with E-state index in [0.717, 1.165) is 0 Å².